The lowest BCUT2D eigenvalue weighted by Gasteiger charge is -2.17. The summed E-state index contributed by atoms with van der Waals surface area (Å²) >= 11 is 0. The van der Waals surface area contributed by atoms with E-state index in [9.17, 15) is 9.59 Å². The van der Waals surface area contributed by atoms with E-state index in [1.807, 2.05) is 6.92 Å². The molecular formula is C10H21N3O2. The minimum Gasteiger partial charge on any atom is -0.370 e. The number of unbranched alkanes of at least 4 members (excludes halogenated alkanes) is 1. The number of nitrogens with zero attached hydrogens (tertiary/aromatic N) is 1. The number of amides is 2. The molecule has 2 amide bonds. The summed E-state index contributed by atoms with van der Waals surface area (Å²) < 4.78 is 0. The molecule has 0 aliphatic rings. The highest BCUT2D eigenvalue weighted by molar-refractivity contribution is 5.80. The van der Waals surface area contributed by atoms with Crippen LogP contribution in [0.15, 0.2) is 0 Å². The summed E-state index contributed by atoms with van der Waals surface area (Å²) in [6.45, 7) is 2.56. The van der Waals surface area contributed by atoms with Gasteiger partial charge in [-0.1, -0.05) is 0 Å². The molecule has 5 nitrogen and oxygen atoms in total. The van der Waals surface area contributed by atoms with Crippen molar-refractivity contribution >= 4 is 11.8 Å². The van der Waals surface area contributed by atoms with Gasteiger partial charge < -0.3 is 16.0 Å². The van der Waals surface area contributed by atoms with Crippen LogP contribution in [0.3, 0.4) is 0 Å². The predicted molar refractivity (Wildman–Crippen MR) is 59.2 cm³/mol. The molecule has 0 aromatic carbocycles. The Morgan fingerprint density at radius 1 is 1.33 bits per heavy atom. The molecule has 0 radical (unpaired) electrons. The summed E-state index contributed by atoms with van der Waals surface area (Å²) in [4.78, 5) is 23.4. The molecule has 1 unspecified atom stereocenters. The molecule has 0 saturated heterocycles. The van der Waals surface area contributed by atoms with Crippen molar-refractivity contribution in [3.63, 3.8) is 0 Å². The van der Waals surface area contributed by atoms with E-state index >= 15 is 0 Å². The van der Waals surface area contributed by atoms with Crippen molar-refractivity contribution in [2.75, 3.05) is 20.6 Å². The third-order valence-corrected chi connectivity index (χ3v) is 2.11. The second-order valence-electron chi connectivity index (χ2n) is 3.83. The molecule has 0 aliphatic carbocycles. The van der Waals surface area contributed by atoms with E-state index in [2.05, 4.69) is 5.32 Å². The molecule has 3 N–H and O–H groups in total. The van der Waals surface area contributed by atoms with E-state index in [1.165, 1.54) is 0 Å². The molecule has 0 bridgehead atoms. The Hall–Kier alpha value is -1.10. The zero-order valence-electron chi connectivity index (χ0n) is 9.75. The fraction of sp³-hybridized carbons (Fsp3) is 0.800. The first-order valence-corrected chi connectivity index (χ1v) is 5.18. The fourth-order valence-corrected chi connectivity index (χ4v) is 1.22. The number of nitrogens with one attached hydrogen (secondary N) is 1. The van der Waals surface area contributed by atoms with Crippen LogP contribution in [-0.2, 0) is 9.59 Å². The molecule has 0 aromatic rings. The molecule has 0 fully saturated rings. The molecule has 0 rings (SSSR count). The van der Waals surface area contributed by atoms with E-state index in [0.29, 0.717) is 6.42 Å². The lowest BCUT2D eigenvalue weighted by Crippen LogP contribution is -2.41. The molecule has 0 spiro atoms. The van der Waals surface area contributed by atoms with Crippen LogP contribution in [0.4, 0.5) is 0 Å². The monoisotopic (exact) mass is 215 g/mol. The Morgan fingerprint density at radius 2 is 1.93 bits per heavy atom. The highest BCUT2D eigenvalue weighted by atomic mass is 16.2. The number of rotatable bonds is 7. The van der Waals surface area contributed by atoms with Crippen LogP contribution in [0.5, 0.6) is 0 Å². The van der Waals surface area contributed by atoms with Gasteiger partial charge in [0, 0.05) is 20.5 Å². The summed E-state index contributed by atoms with van der Waals surface area (Å²) in [6.07, 6.45) is 2.04. The van der Waals surface area contributed by atoms with Crippen molar-refractivity contribution < 1.29 is 9.59 Å². The second kappa shape index (κ2) is 7.23. The van der Waals surface area contributed by atoms with Crippen molar-refractivity contribution in [1.29, 1.82) is 0 Å². The Morgan fingerprint density at radius 3 is 2.40 bits per heavy atom. The first-order valence-electron chi connectivity index (χ1n) is 5.18. The number of carbonyl (C=O) groups excluding carboxylic acids is 2. The lowest BCUT2D eigenvalue weighted by molar-refractivity contribution is -0.130. The van der Waals surface area contributed by atoms with E-state index in [-0.39, 0.29) is 17.9 Å². The van der Waals surface area contributed by atoms with Crippen LogP contribution >= 0.6 is 0 Å². The summed E-state index contributed by atoms with van der Waals surface area (Å²) in [6, 6.07) is -0.173. The van der Waals surface area contributed by atoms with Gasteiger partial charge in [-0.2, -0.15) is 0 Å². The maximum absolute atomic E-state index is 11.4. The predicted octanol–water partition coefficient (Wildman–Crippen LogP) is -0.292. The van der Waals surface area contributed by atoms with Gasteiger partial charge in [0.2, 0.25) is 11.8 Å². The van der Waals surface area contributed by atoms with Crippen molar-refractivity contribution in [3.05, 3.63) is 0 Å². The first-order chi connectivity index (χ1) is 6.95. The van der Waals surface area contributed by atoms with Crippen LogP contribution in [0, 0.1) is 0 Å². The second-order valence-corrected chi connectivity index (χ2v) is 3.83. The Kier molecular flexibility index (Phi) is 6.70. The number of nitrogens with two attached hydrogens (primary N) is 1. The van der Waals surface area contributed by atoms with Gasteiger partial charge in [0.15, 0.2) is 0 Å². The van der Waals surface area contributed by atoms with E-state index in [0.717, 1.165) is 19.4 Å². The van der Waals surface area contributed by atoms with Gasteiger partial charge in [0.25, 0.3) is 0 Å². The molecule has 1 atom stereocenters. The number of hydrogen-bond acceptors (Lipinski definition) is 3. The standard InChI is InChI=1S/C10H21N3O2/c1-8(10(15)13(2)3)12-7-5-4-6-9(11)14/h8,12H,4-7H2,1-3H3,(H2,11,14). The minimum atomic E-state index is -0.271. The van der Waals surface area contributed by atoms with Crippen LogP contribution < -0.4 is 11.1 Å². The van der Waals surface area contributed by atoms with Gasteiger partial charge in [-0.15, -0.1) is 0 Å². The number of carbonyl (C=O) groups is 2. The van der Waals surface area contributed by atoms with Crippen molar-refractivity contribution in [2.24, 2.45) is 5.73 Å². The minimum absolute atomic E-state index is 0.0601. The van der Waals surface area contributed by atoms with Gasteiger partial charge in [-0.05, 0) is 26.3 Å². The zero-order valence-corrected chi connectivity index (χ0v) is 9.75. The average molecular weight is 215 g/mol. The van der Waals surface area contributed by atoms with Crippen molar-refractivity contribution in [1.82, 2.24) is 10.2 Å². The fourth-order valence-electron chi connectivity index (χ4n) is 1.22. The maximum Gasteiger partial charge on any atom is 0.238 e. The van der Waals surface area contributed by atoms with Crippen LogP contribution in [0.2, 0.25) is 0 Å². The number of primary amides is 1. The largest absolute Gasteiger partial charge is 0.370 e. The molecule has 0 aliphatic heterocycles. The molecule has 0 aromatic heterocycles. The molecule has 0 saturated carbocycles. The Labute approximate surface area is 91.0 Å². The number of likely N-dealkylation sites (N-methyl/N-ethyl adjacent to an activating group) is 1. The summed E-state index contributed by atoms with van der Waals surface area (Å²) in [5, 5.41) is 3.09. The van der Waals surface area contributed by atoms with Gasteiger partial charge in [-0.3, -0.25) is 9.59 Å². The van der Waals surface area contributed by atoms with E-state index in [1.54, 1.807) is 19.0 Å². The smallest absolute Gasteiger partial charge is 0.238 e. The lowest BCUT2D eigenvalue weighted by atomic mass is 10.2. The van der Waals surface area contributed by atoms with Crippen LogP contribution in [-0.4, -0.2) is 43.4 Å². The van der Waals surface area contributed by atoms with Gasteiger partial charge in [0.1, 0.15) is 0 Å². The van der Waals surface area contributed by atoms with Gasteiger partial charge in [0.05, 0.1) is 6.04 Å². The van der Waals surface area contributed by atoms with E-state index in [4.69, 9.17) is 5.73 Å². The van der Waals surface area contributed by atoms with Crippen LogP contribution in [0.1, 0.15) is 26.2 Å². The Balaban J connectivity index is 3.51. The molecular weight excluding hydrogens is 194 g/mol. The summed E-state index contributed by atoms with van der Waals surface area (Å²) in [5.41, 5.74) is 5.00. The summed E-state index contributed by atoms with van der Waals surface area (Å²) in [5.74, 6) is -0.211. The van der Waals surface area contributed by atoms with Crippen LogP contribution in [0.25, 0.3) is 0 Å². The Bertz CT molecular complexity index is 217. The highest BCUT2D eigenvalue weighted by Gasteiger charge is 2.12. The quantitative estimate of drug-likeness (QED) is 0.573. The van der Waals surface area contributed by atoms with E-state index < -0.39 is 0 Å². The molecule has 15 heavy (non-hydrogen) atoms. The van der Waals surface area contributed by atoms with Gasteiger partial charge in [-0.25, -0.2) is 0 Å². The molecule has 5 heteroatoms. The number of hydrogen-bond donors (Lipinski definition) is 2. The van der Waals surface area contributed by atoms with Crippen molar-refractivity contribution in [2.45, 2.75) is 32.2 Å². The zero-order chi connectivity index (χ0) is 11.8. The summed E-state index contributed by atoms with van der Waals surface area (Å²) in [7, 11) is 3.46. The van der Waals surface area contributed by atoms with Gasteiger partial charge >= 0.3 is 0 Å². The maximum atomic E-state index is 11.4. The topological polar surface area (TPSA) is 75.4 Å². The third-order valence-electron chi connectivity index (χ3n) is 2.11. The SMILES string of the molecule is CC(NCCCCC(N)=O)C(=O)N(C)C. The van der Waals surface area contributed by atoms with Crippen molar-refractivity contribution in [3.8, 4) is 0 Å². The molecule has 0 heterocycles. The normalized spacial score (nSPS) is 12.2. The first kappa shape index (κ1) is 13.9. The third kappa shape index (κ3) is 6.90. The average Bonchev–Trinajstić information content (AvgIpc) is 2.15. The highest BCUT2D eigenvalue weighted by Crippen LogP contribution is 1.94. The molecule has 88 valence electrons.